The van der Waals surface area contributed by atoms with Gasteiger partial charge in [-0.15, -0.1) is 0 Å². The monoisotopic (exact) mass is 331 g/mol. The molecule has 0 bridgehead atoms. The van der Waals surface area contributed by atoms with Crippen LogP contribution in [0.4, 0.5) is 5.69 Å². The number of hydrogen-bond acceptors (Lipinski definition) is 2. The van der Waals surface area contributed by atoms with E-state index in [1.807, 2.05) is 30.3 Å². The summed E-state index contributed by atoms with van der Waals surface area (Å²) in [5.41, 5.74) is 4.27. The average Bonchev–Trinajstić information content (AvgIpc) is 2.46. The molecule has 1 atom stereocenters. The molecular weight excluding hydrogens is 318 g/mol. The molecule has 2 aromatic rings. The first-order chi connectivity index (χ1) is 9.65. The van der Waals surface area contributed by atoms with E-state index in [-0.39, 0.29) is 17.3 Å². The Morgan fingerprint density at radius 1 is 1.25 bits per heavy atom. The molecule has 1 N–H and O–H groups in total. The van der Waals surface area contributed by atoms with Gasteiger partial charge in [0.15, 0.2) is 6.61 Å². The van der Waals surface area contributed by atoms with Crippen LogP contribution in [0.1, 0.15) is 21.5 Å². The Morgan fingerprint density at radius 2 is 2.05 bits per heavy atom. The van der Waals surface area contributed by atoms with E-state index in [0.29, 0.717) is 0 Å². The number of anilines is 1. The van der Waals surface area contributed by atoms with Crippen LogP contribution >= 0.6 is 15.9 Å². The maximum Gasteiger partial charge on any atom is 0.262 e. The fourth-order valence-corrected chi connectivity index (χ4v) is 3.11. The van der Waals surface area contributed by atoms with Crippen LogP contribution < -0.4 is 10.1 Å². The molecule has 0 saturated carbocycles. The fraction of sp³-hybridized carbons (Fsp3) is 0.188. The van der Waals surface area contributed by atoms with Crippen LogP contribution in [0.5, 0.6) is 5.75 Å². The third kappa shape index (κ3) is 2.43. The average molecular weight is 332 g/mol. The minimum absolute atomic E-state index is 0.0852. The van der Waals surface area contributed by atoms with Crippen LogP contribution in [0.2, 0.25) is 0 Å². The van der Waals surface area contributed by atoms with Crippen molar-refractivity contribution in [1.82, 2.24) is 0 Å². The van der Waals surface area contributed by atoms with Crippen LogP contribution in [0.15, 0.2) is 42.5 Å². The van der Waals surface area contributed by atoms with Gasteiger partial charge in [0.05, 0.1) is 10.5 Å². The molecule has 1 unspecified atom stereocenters. The van der Waals surface area contributed by atoms with Gasteiger partial charge in [-0.2, -0.15) is 0 Å². The molecular formula is C16H14BrNO2. The van der Waals surface area contributed by atoms with Gasteiger partial charge >= 0.3 is 0 Å². The first-order valence-electron chi connectivity index (χ1n) is 6.41. The molecule has 0 aliphatic carbocycles. The second-order valence-corrected chi connectivity index (χ2v) is 5.73. The van der Waals surface area contributed by atoms with E-state index >= 15 is 0 Å². The first kappa shape index (κ1) is 13.2. The summed E-state index contributed by atoms with van der Waals surface area (Å²) in [6, 6.07) is 14.1. The highest BCUT2D eigenvalue weighted by Gasteiger charge is 2.19. The maximum absolute atomic E-state index is 11.4. The summed E-state index contributed by atoms with van der Waals surface area (Å²) in [6.45, 7) is 2.18. The van der Waals surface area contributed by atoms with E-state index in [9.17, 15) is 4.79 Å². The van der Waals surface area contributed by atoms with Crippen LogP contribution in [0.3, 0.4) is 0 Å². The Hall–Kier alpha value is -1.81. The van der Waals surface area contributed by atoms with Gasteiger partial charge in [0.1, 0.15) is 5.75 Å². The number of carbonyl (C=O) groups excluding carboxylic acids is 1. The summed E-state index contributed by atoms with van der Waals surface area (Å²) in [4.78, 5) is 11.5. The maximum atomic E-state index is 11.4. The van der Waals surface area contributed by atoms with Crippen molar-refractivity contribution in [1.29, 1.82) is 0 Å². The molecule has 1 heterocycles. The van der Waals surface area contributed by atoms with Gasteiger partial charge in [0.25, 0.3) is 5.91 Å². The molecule has 102 valence electrons. The number of rotatable bonds is 2. The van der Waals surface area contributed by atoms with Gasteiger partial charge < -0.3 is 10.1 Å². The molecule has 0 radical (unpaired) electrons. The summed E-state index contributed by atoms with van der Waals surface area (Å²) in [6.07, 6.45) is 0. The topological polar surface area (TPSA) is 38.3 Å². The van der Waals surface area contributed by atoms with Crippen molar-refractivity contribution in [3.05, 3.63) is 59.2 Å². The number of carbonyl (C=O) groups is 1. The molecule has 0 spiro atoms. The number of alkyl halides is 1. The van der Waals surface area contributed by atoms with Crippen LogP contribution in [0, 0.1) is 6.92 Å². The molecule has 2 aromatic carbocycles. The van der Waals surface area contributed by atoms with Crippen LogP contribution in [-0.2, 0) is 4.79 Å². The number of ether oxygens (including phenoxy) is 1. The quantitative estimate of drug-likeness (QED) is 0.850. The van der Waals surface area contributed by atoms with Crippen LogP contribution in [-0.4, -0.2) is 12.5 Å². The smallest absolute Gasteiger partial charge is 0.262 e. The van der Waals surface area contributed by atoms with Gasteiger partial charge in [-0.1, -0.05) is 46.3 Å². The zero-order chi connectivity index (χ0) is 14.1. The molecule has 3 rings (SSSR count). The Balaban J connectivity index is 1.97. The predicted octanol–water partition coefficient (Wildman–Crippen LogP) is 3.81. The molecule has 0 fully saturated rings. The second kappa shape index (κ2) is 5.29. The number of aryl methyl sites for hydroxylation is 1. The molecule has 20 heavy (non-hydrogen) atoms. The highest BCUT2D eigenvalue weighted by Crippen LogP contribution is 2.37. The Morgan fingerprint density at radius 3 is 2.85 bits per heavy atom. The number of benzene rings is 2. The fourth-order valence-electron chi connectivity index (χ4n) is 2.31. The normalized spacial score (nSPS) is 15.0. The van der Waals surface area contributed by atoms with Crippen molar-refractivity contribution in [2.24, 2.45) is 0 Å². The summed E-state index contributed by atoms with van der Waals surface area (Å²) >= 11 is 3.73. The van der Waals surface area contributed by atoms with E-state index in [1.54, 1.807) is 0 Å². The van der Waals surface area contributed by atoms with Gasteiger partial charge in [-0.3, -0.25) is 4.79 Å². The van der Waals surface area contributed by atoms with Crippen molar-refractivity contribution in [2.45, 2.75) is 11.8 Å². The highest BCUT2D eigenvalue weighted by atomic mass is 79.9. The Kier molecular flexibility index (Phi) is 3.49. The minimum Gasteiger partial charge on any atom is -0.482 e. The lowest BCUT2D eigenvalue weighted by Crippen LogP contribution is -2.25. The number of fused-ring (bicyclic) bond motifs is 1. The second-order valence-electron chi connectivity index (χ2n) is 4.81. The van der Waals surface area contributed by atoms with Gasteiger partial charge in [0, 0.05) is 0 Å². The lowest BCUT2D eigenvalue weighted by Gasteiger charge is -2.20. The minimum atomic E-state index is -0.114. The standard InChI is InChI=1S/C16H14BrNO2/c1-10-4-2-3-5-12(10)16(17)11-6-7-14-13(8-11)18-15(19)9-20-14/h2-8,16H,9H2,1H3,(H,18,19). The molecule has 1 amide bonds. The van der Waals surface area contributed by atoms with Crippen molar-refractivity contribution in [3.8, 4) is 5.75 Å². The number of nitrogens with one attached hydrogen (secondary N) is 1. The van der Waals surface area contributed by atoms with Crippen molar-refractivity contribution in [2.75, 3.05) is 11.9 Å². The summed E-state index contributed by atoms with van der Waals surface area (Å²) in [5.74, 6) is 0.606. The molecule has 4 heteroatoms. The van der Waals surface area contributed by atoms with Crippen molar-refractivity contribution >= 4 is 27.5 Å². The predicted molar refractivity (Wildman–Crippen MR) is 82.5 cm³/mol. The molecule has 3 nitrogen and oxygen atoms in total. The Bertz CT molecular complexity index is 669. The largest absolute Gasteiger partial charge is 0.482 e. The summed E-state index contributed by atoms with van der Waals surface area (Å²) < 4.78 is 5.37. The van der Waals surface area contributed by atoms with Gasteiger partial charge in [-0.25, -0.2) is 0 Å². The summed E-state index contributed by atoms with van der Waals surface area (Å²) in [7, 11) is 0. The number of hydrogen-bond donors (Lipinski definition) is 1. The van der Waals surface area contributed by atoms with E-state index in [1.165, 1.54) is 11.1 Å². The SMILES string of the molecule is Cc1ccccc1C(Br)c1ccc2c(c1)NC(=O)CO2. The van der Waals surface area contributed by atoms with Crippen molar-refractivity contribution in [3.63, 3.8) is 0 Å². The van der Waals surface area contributed by atoms with E-state index in [4.69, 9.17) is 4.74 Å². The lowest BCUT2D eigenvalue weighted by molar-refractivity contribution is -0.118. The van der Waals surface area contributed by atoms with E-state index < -0.39 is 0 Å². The Labute approximate surface area is 126 Å². The zero-order valence-electron chi connectivity index (χ0n) is 11.0. The zero-order valence-corrected chi connectivity index (χ0v) is 12.6. The lowest BCUT2D eigenvalue weighted by atomic mass is 10.00. The molecule has 0 saturated heterocycles. The molecule has 1 aliphatic rings. The van der Waals surface area contributed by atoms with Gasteiger partial charge in [0.2, 0.25) is 0 Å². The first-order valence-corrected chi connectivity index (χ1v) is 7.33. The van der Waals surface area contributed by atoms with Gasteiger partial charge in [-0.05, 0) is 35.7 Å². The summed E-state index contributed by atoms with van der Waals surface area (Å²) in [5, 5.41) is 2.84. The van der Waals surface area contributed by atoms with E-state index in [2.05, 4.69) is 40.3 Å². The number of amides is 1. The highest BCUT2D eigenvalue weighted by molar-refractivity contribution is 9.09. The van der Waals surface area contributed by atoms with E-state index in [0.717, 1.165) is 17.0 Å². The third-order valence-electron chi connectivity index (χ3n) is 3.39. The van der Waals surface area contributed by atoms with Crippen molar-refractivity contribution < 1.29 is 9.53 Å². The third-order valence-corrected chi connectivity index (χ3v) is 4.41. The molecule has 0 aromatic heterocycles. The van der Waals surface area contributed by atoms with Crippen LogP contribution in [0.25, 0.3) is 0 Å². The molecule has 1 aliphatic heterocycles. The number of halogens is 1.